The summed E-state index contributed by atoms with van der Waals surface area (Å²) in [6.07, 6.45) is 0. The molecule has 0 heterocycles. The highest BCUT2D eigenvalue weighted by molar-refractivity contribution is 6.58. The van der Waals surface area contributed by atoms with E-state index in [0.29, 0.717) is 11.2 Å². The van der Waals surface area contributed by atoms with Crippen LogP contribution in [0.25, 0.3) is 0 Å². The molecule has 5 nitrogen and oxygen atoms in total. The second-order valence-electron chi connectivity index (χ2n) is 3.79. The van der Waals surface area contributed by atoms with E-state index in [-0.39, 0.29) is 12.5 Å². The van der Waals surface area contributed by atoms with Crippen LogP contribution in [0.5, 0.6) is 0 Å². The Morgan fingerprint density at radius 1 is 1.44 bits per heavy atom. The van der Waals surface area contributed by atoms with Gasteiger partial charge >= 0.3 is 7.12 Å². The first kappa shape index (κ1) is 12.7. The summed E-state index contributed by atoms with van der Waals surface area (Å²) < 4.78 is 0. The number of anilines is 1. The van der Waals surface area contributed by atoms with Crippen molar-refractivity contribution in [2.45, 2.75) is 0 Å². The predicted octanol–water partition coefficient (Wildman–Crippen LogP) is -1.13. The van der Waals surface area contributed by atoms with Crippen molar-refractivity contribution in [2.75, 3.05) is 26.0 Å². The zero-order chi connectivity index (χ0) is 12.1. The van der Waals surface area contributed by atoms with Crippen molar-refractivity contribution in [2.24, 2.45) is 0 Å². The second-order valence-corrected chi connectivity index (χ2v) is 3.79. The summed E-state index contributed by atoms with van der Waals surface area (Å²) in [6, 6.07) is 6.45. The Morgan fingerprint density at radius 3 is 2.69 bits per heavy atom. The van der Waals surface area contributed by atoms with Crippen LogP contribution in [0.2, 0.25) is 0 Å². The monoisotopic (exact) mass is 222 g/mol. The van der Waals surface area contributed by atoms with E-state index in [1.165, 1.54) is 6.07 Å². The fourth-order valence-corrected chi connectivity index (χ4v) is 1.26. The molecule has 0 radical (unpaired) electrons. The number of benzene rings is 1. The maximum absolute atomic E-state index is 11.4. The van der Waals surface area contributed by atoms with Crippen molar-refractivity contribution in [1.82, 2.24) is 4.90 Å². The van der Waals surface area contributed by atoms with Crippen molar-refractivity contribution >= 4 is 24.2 Å². The summed E-state index contributed by atoms with van der Waals surface area (Å²) in [5, 5.41) is 20.6. The maximum atomic E-state index is 11.4. The van der Waals surface area contributed by atoms with Crippen LogP contribution in [0.15, 0.2) is 24.3 Å². The van der Waals surface area contributed by atoms with Crippen LogP contribution in [0.1, 0.15) is 0 Å². The molecule has 1 aromatic carbocycles. The standard InChI is InChI=1S/C10H15BN2O3/c1-13(2)7-10(14)12-9-5-3-4-8(6-9)11(15)16/h3-6,15-16H,7H2,1-2H3,(H,12,14). The van der Waals surface area contributed by atoms with E-state index in [2.05, 4.69) is 5.32 Å². The fourth-order valence-electron chi connectivity index (χ4n) is 1.26. The SMILES string of the molecule is CN(C)CC(=O)Nc1cccc(B(O)O)c1. The van der Waals surface area contributed by atoms with Crippen LogP contribution in [0.3, 0.4) is 0 Å². The van der Waals surface area contributed by atoms with Gasteiger partial charge in [-0.25, -0.2) is 0 Å². The van der Waals surface area contributed by atoms with Gasteiger partial charge in [0, 0.05) is 5.69 Å². The van der Waals surface area contributed by atoms with E-state index < -0.39 is 7.12 Å². The topological polar surface area (TPSA) is 72.8 Å². The highest BCUT2D eigenvalue weighted by Crippen LogP contribution is 2.03. The largest absolute Gasteiger partial charge is 0.488 e. The summed E-state index contributed by atoms with van der Waals surface area (Å²) >= 11 is 0. The lowest BCUT2D eigenvalue weighted by atomic mass is 9.80. The molecule has 0 aromatic heterocycles. The summed E-state index contributed by atoms with van der Waals surface area (Å²) in [4.78, 5) is 13.2. The Morgan fingerprint density at radius 2 is 2.12 bits per heavy atom. The second kappa shape index (κ2) is 5.65. The van der Waals surface area contributed by atoms with Gasteiger partial charge in [-0.15, -0.1) is 0 Å². The van der Waals surface area contributed by atoms with Crippen molar-refractivity contribution in [3.8, 4) is 0 Å². The molecule has 1 amide bonds. The maximum Gasteiger partial charge on any atom is 0.488 e. The normalized spacial score (nSPS) is 10.3. The Hall–Kier alpha value is -1.37. The van der Waals surface area contributed by atoms with Gasteiger partial charge in [0.1, 0.15) is 0 Å². The molecule has 16 heavy (non-hydrogen) atoms. The zero-order valence-electron chi connectivity index (χ0n) is 9.34. The minimum atomic E-state index is -1.52. The lowest BCUT2D eigenvalue weighted by Gasteiger charge is -2.10. The van der Waals surface area contributed by atoms with Gasteiger partial charge in [-0.2, -0.15) is 0 Å². The van der Waals surface area contributed by atoms with Crippen LogP contribution in [0, 0.1) is 0 Å². The summed E-state index contributed by atoms with van der Waals surface area (Å²) in [6.45, 7) is 0.284. The lowest BCUT2D eigenvalue weighted by Crippen LogP contribution is -2.31. The van der Waals surface area contributed by atoms with Crippen LogP contribution in [-0.2, 0) is 4.79 Å². The van der Waals surface area contributed by atoms with Gasteiger partial charge in [0.2, 0.25) is 5.91 Å². The number of carbonyl (C=O) groups excluding carboxylic acids is 1. The van der Waals surface area contributed by atoms with Crippen molar-refractivity contribution in [3.05, 3.63) is 24.3 Å². The third-order valence-corrected chi connectivity index (χ3v) is 1.93. The van der Waals surface area contributed by atoms with Crippen LogP contribution in [-0.4, -0.2) is 48.6 Å². The molecule has 1 aromatic rings. The average Bonchev–Trinajstić information content (AvgIpc) is 2.16. The number of likely N-dealkylation sites (N-methyl/N-ethyl adjacent to an activating group) is 1. The molecular formula is C10H15BN2O3. The quantitative estimate of drug-likeness (QED) is 0.563. The van der Waals surface area contributed by atoms with Gasteiger partial charge in [-0.3, -0.25) is 4.79 Å². The first-order valence-corrected chi connectivity index (χ1v) is 4.89. The third-order valence-electron chi connectivity index (χ3n) is 1.93. The number of hydrogen-bond acceptors (Lipinski definition) is 4. The highest BCUT2D eigenvalue weighted by atomic mass is 16.4. The van der Waals surface area contributed by atoms with E-state index in [9.17, 15) is 4.79 Å². The van der Waals surface area contributed by atoms with Crippen LogP contribution >= 0.6 is 0 Å². The van der Waals surface area contributed by atoms with Gasteiger partial charge in [-0.05, 0) is 31.7 Å². The molecule has 86 valence electrons. The van der Waals surface area contributed by atoms with Gasteiger partial charge in [0.05, 0.1) is 6.54 Å². The van der Waals surface area contributed by atoms with Crippen molar-refractivity contribution in [1.29, 1.82) is 0 Å². The molecule has 0 saturated carbocycles. The van der Waals surface area contributed by atoms with Crippen LogP contribution in [0.4, 0.5) is 5.69 Å². The van der Waals surface area contributed by atoms with E-state index in [0.717, 1.165) is 0 Å². The summed E-state index contributed by atoms with van der Waals surface area (Å²) in [7, 11) is 2.08. The third kappa shape index (κ3) is 4.02. The van der Waals surface area contributed by atoms with E-state index in [4.69, 9.17) is 10.0 Å². The first-order valence-electron chi connectivity index (χ1n) is 4.89. The molecule has 0 fully saturated rings. The smallest absolute Gasteiger partial charge is 0.423 e. The van der Waals surface area contributed by atoms with Crippen molar-refractivity contribution < 1.29 is 14.8 Å². The van der Waals surface area contributed by atoms with Gasteiger partial charge in [-0.1, -0.05) is 12.1 Å². The van der Waals surface area contributed by atoms with E-state index in [1.807, 2.05) is 0 Å². The molecule has 0 atom stereocenters. The molecule has 0 unspecified atom stereocenters. The molecule has 0 aliphatic carbocycles. The number of rotatable bonds is 4. The lowest BCUT2D eigenvalue weighted by molar-refractivity contribution is -0.116. The molecule has 0 aliphatic rings. The molecule has 0 saturated heterocycles. The molecule has 0 spiro atoms. The van der Waals surface area contributed by atoms with Crippen molar-refractivity contribution in [3.63, 3.8) is 0 Å². The number of carbonyl (C=O) groups is 1. The molecular weight excluding hydrogens is 207 g/mol. The highest BCUT2D eigenvalue weighted by Gasteiger charge is 2.11. The molecule has 0 aliphatic heterocycles. The minimum absolute atomic E-state index is 0.144. The Labute approximate surface area is 94.8 Å². The Bertz CT molecular complexity index is 369. The Kier molecular flexibility index (Phi) is 4.48. The van der Waals surface area contributed by atoms with Gasteiger partial charge in [0.25, 0.3) is 0 Å². The molecule has 6 heteroatoms. The van der Waals surface area contributed by atoms with Gasteiger partial charge in [0.15, 0.2) is 0 Å². The van der Waals surface area contributed by atoms with E-state index >= 15 is 0 Å². The fraction of sp³-hybridized carbons (Fsp3) is 0.300. The first-order chi connectivity index (χ1) is 7.49. The summed E-state index contributed by atoms with van der Waals surface area (Å²) in [5.41, 5.74) is 0.903. The number of hydrogen-bond donors (Lipinski definition) is 3. The summed E-state index contributed by atoms with van der Waals surface area (Å²) in [5.74, 6) is -0.144. The predicted molar refractivity (Wildman–Crippen MR) is 63.5 cm³/mol. The van der Waals surface area contributed by atoms with Crippen LogP contribution < -0.4 is 10.8 Å². The molecule has 0 bridgehead atoms. The zero-order valence-corrected chi connectivity index (χ0v) is 9.34. The minimum Gasteiger partial charge on any atom is -0.423 e. The number of amides is 1. The molecule has 3 N–H and O–H groups in total. The molecule has 1 rings (SSSR count). The van der Waals surface area contributed by atoms with Gasteiger partial charge < -0.3 is 20.3 Å². The average molecular weight is 222 g/mol. The van der Waals surface area contributed by atoms with E-state index in [1.54, 1.807) is 37.2 Å². The number of nitrogens with zero attached hydrogens (tertiary/aromatic N) is 1. The number of nitrogens with one attached hydrogen (secondary N) is 1. The Balaban J connectivity index is 2.67.